The molecule has 0 aliphatic heterocycles. The molecule has 0 spiro atoms. The summed E-state index contributed by atoms with van der Waals surface area (Å²) in [6.45, 7) is 0. The maximum atomic E-state index is 10.8. The summed E-state index contributed by atoms with van der Waals surface area (Å²) in [7, 11) is 1.73. The summed E-state index contributed by atoms with van der Waals surface area (Å²) in [6, 6.07) is 11.6. The van der Waals surface area contributed by atoms with Gasteiger partial charge in [0.25, 0.3) is 0 Å². The molecule has 2 fully saturated rings. The Morgan fingerprint density at radius 3 is 2.36 bits per heavy atom. The summed E-state index contributed by atoms with van der Waals surface area (Å²) < 4.78 is 1.84. The van der Waals surface area contributed by atoms with E-state index in [-0.39, 0.29) is 5.41 Å². The van der Waals surface area contributed by atoms with Crippen molar-refractivity contribution in [3.8, 4) is 0 Å². The van der Waals surface area contributed by atoms with Crippen molar-refractivity contribution in [2.75, 3.05) is 7.05 Å². The Bertz CT molecular complexity index is 890. The van der Waals surface area contributed by atoms with Gasteiger partial charge in [0.15, 0.2) is 0 Å². The molecule has 1 aromatic heterocycles. The van der Waals surface area contributed by atoms with Crippen molar-refractivity contribution in [1.82, 2.24) is 4.57 Å². The minimum atomic E-state index is -0.797. The highest BCUT2D eigenvalue weighted by atomic mass is 35.5. The molecular formula is C20H22ClN3O. The van der Waals surface area contributed by atoms with E-state index < -0.39 is 5.60 Å². The molecule has 130 valence electrons. The smallest absolute Gasteiger partial charge is 0.139 e. The summed E-state index contributed by atoms with van der Waals surface area (Å²) >= 11 is 6.02. The van der Waals surface area contributed by atoms with Crippen molar-refractivity contribution in [3.63, 3.8) is 0 Å². The second-order valence-electron chi connectivity index (χ2n) is 7.16. The Hall–Kier alpha value is -1.91. The molecule has 5 heteroatoms. The van der Waals surface area contributed by atoms with Crippen LogP contribution in [0.15, 0.2) is 47.6 Å². The fourth-order valence-electron chi connectivity index (χ4n) is 3.84. The number of hydrogen-bond acceptors (Lipinski definition) is 3. The van der Waals surface area contributed by atoms with Crippen molar-refractivity contribution in [3.05, 3.63) is 64.2 Å². The second kappa shape index (κ2) is 5.82. The quantitative estimate of drug-likeness (QED) is 0.641. The van der Waals surface area contributed by atoms with E-state index in [4.69, 9.17) is 17.0 Å². The molecule has 2 N–H and O–H groups in total. The van der Waals surface area contributed by atoms with Crippen LogP contribution in [0.3, 0.4) is 0 Å². The van der Waals surface area contributed by atoms with Crippen molar-refractivity contribution in [1.29, 1.82) is 5.41 Å². The molecule has 0 unspecified atom stereocenters. The van der Waals surface area contributed by atoms with Gasteiger partial charge < -0.3 is 5.11 Å². The van der Waals surface area contributed by atoms with Gasteiger partial charge in [-0.25, -0.2) is 0 Å². The Labute approximate surface area is 152 Å². The van der Waals surface area contributed by atoms with Gasteiger partial charge in [-0.2, -0.15) is 0 Å². The minimum Gasteiger partial charge on any atom is -0.385 e. The van der Waals surface area contributed by atoms with Crippen LogP contribution in [0, 0.1) is 5.41 Å². The number of pyridine rings is 1. The lowest BCUT2D eigenvalue weighted by Crippen LogP contribution is -2.44. The van der Waals surface area contributed by atoms with Crippen LogP contribution in [0.1, 0.15) is 43.2 Å². The highest BCUT2D eigenvalue weighted by Gasteiger charge is 2.49. The van der Waals surface area contributed by atoms with Gasteiger partial charge in [-0.1, -0.05) is 29.8 Å². The average Bonchev–Trinajstić information content (AvgIpc) is 3.40. The van der Waals surface area contributed by atoms with E-state index in [2.05, 4.69) is 4.99 Å². The van der Waals surface area contributed by atoms with E-state index in [1.165, 1.54) is 0 Å². The third-order valence-electron chi connectivity index (χ3n) is 5.70. The van der Waals surface area contributed by atoms with Gasteiger partial charge in [0.2, 0.25) is 0 Å². The molecule has 0 bridgehead atoms. The molecule has 0 saturated heterocycles. The fourth-order valence-corrected chi connectivity index (χ4v) is 3.97. The summed E-state index contributed by atoms with van der Waals surface area (Å²) in [4.78, 5) is 4.43. The molecular weight excluding hydrogens is 334 g/mol. The normalized spacial score (nSPS) is 20.8. The molecule has 1 heterocycles. The molecule has 2 aromatic rings. The molecule has 0 radical (unpaired) electrons. The van der Waals surface area contributed by atoms with Gasteiger partial charge in [0.05, 0.1) is 11.0 Å². The van der Waals surface area contributed by atoms with Gasteiger partial charge in [-0.15, -0.1) is 0 Å². The monoisotopic (exact) mass is 355 g/mol. The molecule has 1 aromatic carbocycles. The van der Waals surface area contributed by atoms with Gasteiger partial charge in [-0.3, -0.25) is 15.0 Å². The number of rotatable bonds is 3. The highest BCUT2D eigenvalue weighted by molar-refractivity contribution is 6.30. The number of hydrogen-bond donors (Lipinski definition) is 2. The number of nitrogens with zero attached hydrogens (tertiary/aromatic N) is 2. The zero-order valence-corrected chi connectivity index (χ0v) is 15.1. The van der Waals surface area contributed by atoms with Gasteiger partial charge in [-0.05, 0) is 55.9 Å². The number of nitrogens with one attached hydrogen (secondary N) is 1. The predicted octanol–water partition coefficient (Wildman–Crippen LogP) is 3.60. The Balaban J connectivity index is 1.79. The Morgan fingerprint density at radius 2 is 1.84 bits per heavy atom. The van der Waals surface area contributed by atoms with Crippen LogP contribution >= 0.6 is 11.6 Å². The molecule has 4 nitrogen and oxygen atoms in total. The van der Waals surface area contributed by atoms with Crippen LogP contribution in [0.25, 0.3) is 0 Å². The van der Waals surface area contributed by atoms with Crippen molar-refractivity contribution in [2.45, 2.75) is 43.1 Å². The highest BCUT2D eigenvalue weighted by Crippen LogP contribution is 2.49. The largest absolute Gasteiger partial charge is 0.385 e. The maximum Gasteiger partial charge on any atom is 0.139 e. The predicted molar refractivity (Wildman–Crippen MR) is 99.2 cm³/mol. The third kappa shape index (κ3) is 2.55. The van der Waals surface area contributed by atoms with Crippen LogP contribution in [0.4, 0.5) is 0 Å². The number of aliphatic hydroxyl groups is 1. The topological polar surface area (TPSA) is 61.4 Å². The van der Waals surface area contributed by atoms with Crippen LogP contribution in [-0.4, -0.2) is 22.6 Å². The summed E-state index contributed by atoms with van der Waals surface area (Å²) in [6.07, 6.45) is 6.31. The Kier molecular flexibility index (Phi) is 3.85. The Morgan fingerprint density at radius 1 is 1.16 bits per heavy atom. The van der Waals surface area contributed by atoms with E-state index in [0.717, 1.165) is 43.2 Å². The molecule has 4 rings (SSSR count). The van der Waals surface area contributed by atoms with E-state index in [1.807, 2.05) is 47.2 Å². The summed E-state index contributed by atoms with van der Waals surface area (Å²) in [5.74, 6) is 0.514. The van der Waals surface area contributed by atoms with E-state index >= 15 is 0 Å². The fraction of sp³-hybridized carbons (Fsp3) is 0.400. The lowest BCUT2D eigenvalue weighted by molar-refractivity contribution is -0.0404. The number of halogens is 1. The SMILES string of the molecule is CN=c1c(C2(O)CCC2)cccn1C(=N)C1(c2ccc(Cl)cc2)CC1. The second-order valence-corrected chi connectivity index (χ2v) is 7.60. The van der Waals surface area contributed by atoms with Gasteiger partial charge >= 0.3 is 0 Å². The van der Waals surface area contributed by atoms with E-state index in [0.29, 0.717) is 16.3 Å². The van der Waals surface area contributed by atoms with E-state index in [1.54, 1.807) is 7.05 Å². The molecule has 2 aliphatic rings. The van der Waals surface area contributed by atoms with Gasteiger partial charge in [0.1, 0.15) is 11.3 Å². The van der Waals surface area contributed by atoms with Crippen LogP contribution in [0.5, 0.6) is 0 Å². The molecule has 2 saturated carbocycles. The molecule has 0 amide bonds. The first-order chi connectivity index (χ1) is 12.0. The number of aromatic nitrogens is 1. The van der Waals surface area contributed by atoms with E-state index in [9.17, 15) is 5.11 Å². The molecule has 25 heavy (non-hydrogen) atoms. The van der Waals surface area contributed by atoms with Crippen LogP contribution in [-0.2, 0) is 11.0 Å². The van der Waals surface area contributed by atoms with Crippen molar-refractivity contribution in [2.24, 2.45) is 4.99 Å². The zero-order chi connectivity index (χ0) is 17.7. The van der Waals surface area contributed by atoms with Crippen LogP contribution < -0.4 is 5.49 Å². The van der Waals surface area contributed by atoms with Crippen molar-refractivity contribution >= 4 is 17.4 Å². The standard InChI is InChI=1S/C20H22ClN3O/c1-23-17-16(20(25)9-3-10-20)4-2-13-24(17)18(22)19(11-12-19)14-5-7-15(21)8-6-14/h2,4-8,13,22,25H,3,9-12H2,1H3. The maximum absolute atomic E-state index is 10.8. The molecule has 0 atom stereocenters. The summed E-state index contributed by atoms with van der Waals surface area (Å²) in [5.41, 5.74) is 1.56. The van der Waals surface area contributed by atoms with Crippen LogP contribution in [0.2, 0.25) is 5.02 Å². The lowest BCUT2D eigenvalue weighted by Gasteiger charge is -2.37. The number of benzene rings is 1. The average molecular weight is 356 g/mol. The van der Waals surface area contributed by atoms with Crippen molar-refractivity contribution < 1.29 is 5.11 Å². The van der Waals surface area contributed by atoms with Gasteiger partial charge in [0, 0.05) is 23.8 Å². The molecule has 2 aliphatic carbocycles. The lowest BCUT2D eigenvalue weighted by atomic mass is 9.75. The zero-order valence-electron chi connectivity index (χ0n) is 14.3. The third-order valence-corrected chi connectivity index (χ3v) is 5.95. The minimum absolute atomic E-state index is 0.282. The first-order valence-corrected chi connectivity index (χ1v) is 9.11. The first kappa shape index (κ1) is 16.6. The summed E-state index contributed by atoms with van der Waals surface area (Å²) in [5, 5.41) is 20.4. The first-order valence-electron chi connectivity index (χ1n) is 8.73.